The third kappa shape index (κ3) is 4.55. The molecule has 1 amide bonds. The van der Waals surface area contributed by atoms with Gasteiger partial charge in [0, 0.05) is 25.6 Å². The number of aryl methyl sites for hydroxylation is 2. The van der Waals surface area contributed by atoms with Crippen LogP contribution in [0, 0.1) is 19.3 Å². The zero-order valence-corrected chi connectivity index (χ0v) is 14.3. The molecule has 0 radical (unpaired) electrons. The minimum atomic E-state index is -1.01. The number of rotatable bonds is 7. The van der Waals surface area contributed by atoms with Crippen LogP contribution in [0.25, 0.3) is 0 Å². The van der Waals surface area contributed by atoms with E-state index < -0.39 is 11.4 Å². The largest absolute Gasteiger partial charge is 0.481 e. The summed E-state index contributed by atoms with van der Waals surface area (Å²) in [5.74, 6) is -1.15. The van der Waals surface area contributed by atoms with Crippen molar-refractivity contribution in [2.45, 2.75) is 39.2 Å². The minimum Gasteiger partial charge on any atom is -0.481 e. The molecule has 6 heteroatoms. The van der Waals surface area contributed by atoms with Crippen LogP contribution in [0.4, 0.5) is 0 Å². The van der Waals surface area contributed by atoms with E-state index in [1.807, 2.05) is 26.0 Å². The number of carbonyl (C=O) groups excluding carboxylic acids is 1. The Hall–Kier alpha value is -1.92. The summed E-state index contributed by atoms with van der Waals surface area (Å²) in [6.07, 6.45) is 1.20. The van der Waals surface area contributed by atoms with Crippen LogP contribution < -0.4 is 11.1 Å². The maximum Gasteiger partial charge on any atom is 0.313 e. The van der Waals surface area contributed by atoms with Crippen LogP contribution in [0.5, 0.6) is 0 Å². The minimum absolute atomic E-state index is 0.0808. The fourth-order valence-electron chi connectivity index (χ4n) is 3.00. The molecule has 0 aromatic heterocycles. The number of hydrogen-bond acceptors (Lipinski definition) is 4. The van der Waals surface area contributed by atoms with Crippen molar-refractivity contribution in [1.29, 1.82) is 0 Å². The molecule has 0 saturated carbocycles. The van der Waals surface area contributed by atoms with Gasteiger partial charge in [0.05, 0.1) is 6.61 Å². The first-order valence-corrected chi connectivity index (χ1v) is 8.22. The number of aliphatic carboxylic acids is 1. The molecule has 1 heterocycles. The molecule has 24 heavy (non-hydrogen) atoms. The Kier molecular flexibility index (Phi) is 5.96. The van der Waals surface area contributed by atoms with Gasteiger partial charge >= 0.3 is 5.97 Å². The number of carbonyl (C=O) groups is 2. The molecule has 6 nitrogen and oxygen atoms in total. The standard InChI is InChI=1S/C18H26N2O4/c1-12-3-4-14(13(2)7-12)8-15(19)9-16(21)20-10-18(17(22)23)5-6-24-11-18/h3-4,7,15H,5-6,8-11,19H2,1-2H3,(H,20,21)(H,22,23). The lowest BCUT2D eigenvalue weighted by molar-refractivity contribution is -0.148. The highest BCUT2D eigenvalue weighted by Crippen LogP contribution is 2.28. The Balaban J connectivity index is 1.84. The predicted molar refractivity (Wildman–Crippen MR) is 90.7 cm³/mol. The topological polar surface area (TPSA) is 102 Å². The SMILES string of the molecule is Cc1ccc(CC(N)CC(=O)NCC2(C(=O)O)CCOC2)c(C)c1. The van der Waals surface area contributed by atoms with Gasteiger partial charge in [0.15, 0.2) is 0 Å². The summed E-state index contributed by atoms with van der Waals surface area (Å²) in [6.45, 7) is 4.70. The molecule has 132 valence electrons. The first-order chi connectivity index (χ1) is 11.3. The fourth-order valence-corrected chi connectivity index (χ4v) is 3.00. The molecular formula is C18H26N2O4. The number of ether oxygens (including phenoxy) is 1. The Morgan fingerprint density at radius 1 is 1.42 bits per heavy atom. The Morgan fingerprint density at radius 3 is 2.75 bits per heavy atom. The Labute approximate surface area is 142 Å². The highest BCUT2D eigenvalue weighted by Gasteiger charge is 2.42. The molecule has 1 aromatic carbocycles. The first kappa shape index (κ1) is 18.4. The summed E-state index contributed by atoms with van der Waals surface area (Å²) >= 11 is 0. The van der Waals surface area contributed by atoms with Crippen molar-refractivity contribution >= 4 is 11.9 Å². The summed E-state index contributed by atoms with van der Waals surface area (Å²) in [7, 11) is 0. The summed E-state index contributed by atoms with van der Waals surface area (Å²) < 4.78 is 5.18. The maximum atomic E-state index is 12.1. The lowest BCUT2D eigenvalue weighted by atomic mass is 9.87. The first-order valence-electron chi connectivity index (χ1n) is 8.22. The molecule has 1 aliphatic heterocycles. The summed E-state index contributed by atoms with van der Waals surface area (Å²) in [5.41, 5.74) is 8.57. The van der Waals surface area contributed by atoms with Gasteiger partial charge in [0.1, 0.15) is 5.41 Å². The second kappa shape index (κ2) is 7.77. The van der Waals surface area contributed by atoms with E-state index in [2.05, 4.69) is 11.4 Å². The van der Waals surface area contributed by atoms with Crippen LogP contribution in [-0.2, 0) is 20.7 Å². The molecule has 1 saturated heterocycles. The zero-order chi connectivity index (χ0) is 17.7. The van der Waals surface area contributed by atoms with Crippen LogP contribution >= 0.6 is 0 Å². The van der Waals surface area contributed by atoms with Crippen LogP contribution in [0.2, 0.25) is 0 Å². The summed E-state index contributed by atoms with van der Waals surface area (Å²) in [5, 5.41) is 12.1. The maximum absolute atomic E-state index is 12.1. The number of nitrogens with two attached hydrogens (primary N) is 1. The van der Waals surface area contributed by atoms with Gasteiger partial charge in [-0.3, -0.25) is 9.59 Å². The van der Waals surface area contributed by atoms with Gasteiger partial charge in [-0.2, -0.15) is 0 Å². The highest BCUT2D eigenvalue weighted by molar-refractivity contribution is 5.79. The monoisotopic (exact) mass is 334 g/mol. The average Bonchev–Trinajstić information content (AvgIpc) is 2.98. The van der Waals surface area contributed by atoms with Crippen molar-refractivity contribution in [3.05, 3.63) is 34.9 Å². The normalized spacial score (nSPS) is 21.5. The average molecular weight is 334 g/mol. The summed E-state index contributed by atoms with van der Waals surface area (Å²) in [6, 6.07) is 5.87. The van der Waals surface area contributed by atoms with Crippen molar-refractivity contribution in [2.24, 2.45) is 11.1 Å². The van der Waals surface area contributed by atoms with E-state index in [-0.39, 0.29) is 31.5 Å². The van der Waals surface area contributed by atoms with Gasteiger partial charge in [-0.15, -0.1) is 0 Å². The van der Waals surface area contributed by atoms with E-state index in [1.165, 1.54) is 11.1 Å². The number of amides is 1. The van der Waals surface area contributed by atoms with Gasteiger partial charge in [0.2, 0.25) is 5.91 Å². The second-order valence-corrected chi connectivity index (χ2v) is 6.76. The van der Waals surface area contributed by atoms with Crippen molar-refractivity contribution in [3.63, 3.8) is 0 Å². The van der Waals surface area contributed by atoms with E-state index in [0.29, 0.717) is 19.4 Å². The van der Waals surface area contributed by atoms with E-state index in [0.717, 1.165) is 5.56 Å². The third-order valence-corrected chi connectivity index (χ3v) is 4.61. The van der Waals surface area contributed by atoms with Gasteiger partial charge < -0.3 is 20.9 Å². The van der Waals surface area contributed by atoms with E-state index in [1.54, 1.807) is 0 Å². The molecule has 0 aliphatic carbocycles. The third-order valence-electron chi connectivity index (χ3n) is 4.61. The second-order valence-electron chi connectivity index (χ2n) is 6.76. The smallest absolute Gasteiger partial charge is 0.313 e. The quantitative estimate of drug-likeness (QED) is 0.695. The number of carboxylic acid groups (broad SMARTS) is 1. The van der Waals surface area contributed by atoms with Crippen molar-refractivity contribution in [3.8, 4) is 0 Å². The van der Waals surface area contributed by atoms with Crippen LogP contribution in [0.15, 0.2) is 18.2 Å². The molecule has 1 aliphatic rings. The van der Waals surface area contributed by atoms with Crippen LogP contribution in [0.1, 0.15) is 29.5 Å². The molecule has 2 atom stereocenters. The van der Waals surface area contributed by atoms with Gasteiger partial charge in [-0.25, -0.2) is 0 Å². The van der Waals surface area contributed by atoms with Crippen molar-refractivity contribution in [1.82, 2.24) is 5.32 Å². The van der Waals surface area contributed by atoms with E-state index in [4.69, 9.17) is 10.5 Å². The van der Waals surface area contributed by atoms with Crippen molar-refractivity contribution in [2.75, 3.05) is 19.8 Å². The van der Waals surface area contributed by atoms with Gasteiger partial charge in [0.25, 0.3) is 0 Å². The molecule has 0 bridgehead atoms. The molecule has 2 rings (SSSR count). The van der Waals surface area contributed by atoms with Gasteiger partial charge in [-0.05, 0) is 37.8 Å². The lowest BCUT2D eigenvalue weighted by Gasteiger charge is -2.23. The summed E-state index contributed by atoms with van der Waals surface area (Å²) in [4.78, 5) is 23.5. The zero-order valence-electron chi connectivity index (χ0n) is 14.3. The number of nitrogens with one attached hydrogen (secondary N) is 1. The van der Waals surface area contributed by atoms with Crippen LogP contribution in [0.3, 0.4) is 0 Å². The van der Waals surface area contributed by atoms with Crippen molar-refractivity contribution < 1.29 is 19.4 Å². The Morgan fingerprint density at radius 2 is 2.17 bits per heavy atom. The molecule has 1 fully saturated rings. The number of carboxylic acids is 1. The predicted octanol–water partition coefficient (Wildman–Crippen LogP) is 1.17. The van der Waals surface area contributed by atoms with Crippen LogP contribution in [-0.4, -0.2) is 42.8 Å². The number of benzene rings is 1. The Bertz CT molecular complexity index is 609. The fraction of sp³-hybridized carbons (Fsp3) is 0.556. The highest BCUT2D eigenvalue weighted by atomic mass is 16.5. The molecule has 0 spiro atoms. The molecule has 1 aromatic rings. The molecule has 4 N–H and O–H groups in total. The lowest BCUT2D eigenvalue weighted by Crippen LogP contribution is -2.44. The molecular weight excluding hydrogens is 308 g/mol. The number of hydrogen-bond donors (Lipinski definition) is 3. The van der Waals surface area contributed by atoms with Gasteiger partial charge in [-0.1, -0.05) is 23.8 Å². The van der Waals surface area contributed by atoms with E-state index in [9.17, 15) is 14.7 Å². The van der Waals surface area contributed by atoms with E-state index >= 15 is 0 Å². The molecule has 2 unspecified atom stereocenters.